The fourth-order valence-corrected chi connectivity index (χ4v) is 2.13. The highest BCUT2D eigenvalue weighted by atomic mass is 32.2. The lowest BCUT2D eigenvalue weighted by molar-refractivity contribution is -0.138. The van der Waals surface area contributed by atoms with Gasteiger partial charge in [-0.25, -0.2) is 12.7 Å². The summed E-state index contributed by atoms with van der Waals surface area (Å²) in [6.45, 7) is 0.530. The second-order valence-electron chi connectivity index (χ2n) is 3.36. The normalized spacial score (nSPS) is 14.0. The molecule has 0 bridgehead atoms. The zero-order chi connectivity index (χ0) is 12.8. The van der Waals surface area contributed by atoms with Gasteiger partial charge in [-0.15, -0.1) is 0 Å². The van der Waals surface area contributed by atoms with Crippen molar-refractivity contribution in [2.24, 2.45) is 5.73 Å². The molecule has 96 valence electrons. The third-order valence-corrected chi connectivity index (χ3v) is 3.97. The van der Waals surface area contributed by atoms with E-state index in [1.807, 2.05) is 0 Å². The van der Waals surface area contributed by atoms with E-state index in [2.05, 4.69) is 0 Å². The molecule has 0 saturated carbocycles. The van der Waals surface area contributed by atoms with E-state index in [1.165, 1.54) is 14.2 Å². The van der Waals surface area contributed by atoms with E-state index in [0.717, 1.165) is 4.31 Å². The lowest BCUT2D eigenvalue weighted by Gasteiger charge is -2.17. The van der Waals surface area contributed by atoms with E-state index in [1.54, 1.807) is 0 Å². The van der Waals surface area contributed by atoms with Crippen molar-refractivity contribution in [2.75, 3.05) is 33.1 Å². The Morgan fingerprint density at radius 3 is 2.56 bits per heavy atom. The van der Waals surface area contributed by atoms with Crippen molar-refractivity contribution in [2.45, 2.75) is 12.5 Å². The predicted octanol–water partition coefficient (Wildman–Crippen LogP) is -1.30. The second-order valence-corrected chi connectivity index (χ2v) is 5.56. The number of ether oxygens (including phenoxy) is 1. The number of sulfonamides is 1. The van der Waals surface area contributed by atoms with Crippen LogP contribution in [-0.4, -0.2) is 62.9 Å². The zero-order valence-electron chi connectivity index (χ0n) is 9.42. The summed E-state index contributed by atoms with van der Waals surface area (Å²) in [5.74, 6) is -1.48. The fourth-order valence-electron chi connectivity index (χ4n) is 0.914. The molecule has 16 heavy (non-hydrogen) atoms. The molecule has 0 radical (unpaired) electrons. The molecule has 0 rings (SSSR count). The van der Waals surface area contributed by atoms with Crippen molar-refractivity contribution in [3.63, 3.8) is 0 Å². The van der Waals surface area contributed by atoms with Gasteiger partial charge in [0, 0.05) is 20.7 Å². The molecule has 3 N–H and O–H groups in total. The zero-order valence-corrected chi connectivity index (χ0v) is 10.2. The first-order chi connectivity index (χ1) is 7.31. The largest absolute Gasteiger partial charge is 0.480 e. The Labute approximate surface area is 95.2 Å². The van der Waals surface area contributed by atoms with Crippen molar-refractivity contribution >= 4 is 16.0 Å². The number of rotatable bonds is 8. The van der Waals surface area contributed by atoms with Crippen molar-refractivity contribution in [1.29, 1.82) is 0 Å². The lowest BCUT2D eigenvalue weighted by atomic mass is 10.2. The van der Waals surface area contributed by atoms with Crippen molar-refractivity contribution in [3.8, 4) is 0 Å². The minimum Gasteiger partial charge on any atom is -0.480 e. The van der Waals surface area contributed by atoms with Crippen molar-refractivity contribution in [3.05, 3.63) is 0 Å². The maximum absolute atomic E-state index is 11.6. The van der Waals surface area contributed by atoms with Gasteiger partial charge in [0.05, 0.1) is 12.4 Å². The number of methoxy groups -OCH3 is 1. The average Bonchev–Trinajstić information content (AvgIpc) is 2.22. The maximum Gasteiger partial charge on any atom is 0.320 e. The van der Waals surface area contributed by atoms with Crippen LogP contribution in [0.4, 0.5) is 0 Å². The molecule has 0 unspecified atom stereocenters. The standard InChI is InChI=1S/C8H18N2O5S/c1-10(4-5-15-2)16(13,14)6-3-7(9)8(11)12/h7H,3-6,9H2,1-2H3,(H,11,12)/t7-/m0/s1. The van der Waals surface area contributed by atoms with Crippen LogP contribution >= 0.6 is 0 Å². The van der Waals surface area contributed by atoms with Crippen LogP contribution in [0.3, 0.4) is 0 Å². The molecule has 0 aliphatic carbocycles. The Hall–Kier alpha value is -0.700. The molecule has 0 aliphatic rings. The van der Waals surface area contributed by atoms with E-state index in [-0.39, 0.29) is 18.7 Å². The summed E-state index contributed by atoms with van der Waals surface area (Å²) in [5, 5.41) is 8.51. The summed E-state index contributed by atoms with van der Waals surface area (Å²) < 4.78 is 29.0. The quantitative estimate of drug-likeness (QED) is 0.557. The Kier molecular flexibility index (Phi) is 6.49. The summed E-state index contributed by atoms with van der Waals surface area (Å²) in [5.41, 5.74) is 5.22. The summed E-state index contributed by atoms with van der Waals surface area (Å²) >= 11 is 0. The highest BCUT2D eigenvalue weighted by molar-refractivity contribution is 7.89. The molecular weight excluding hydrogens is 236 g/mol. The molecule has 0 amide bonds. The third kappa shape index (κ3) is 5.40. The minimum absolute atomic E-state index is 0.102. The molecule has 8 heteroatoms. The highest BCUT2D eigenvalue weighted by Crippen LogP contribution is 2.02. The molecule has 7 nitrogen and oxygen atoms in total. The monoisotopic (exact) mass is 254 g/mol. The molecule has 0 heterocycles. The molecule has 1 atom stereocenters. The van der Waals surface area contributed by atoms with Gasteiger partial charge < -0.3 is 15.6 Å². The maximum atomic E-state index is 11.6. The van der Waals surface area contributed by atoms with E-state index in [9.17, 15) is 13.2 Å². The smallest absolute Gasteiger partial charge is 0.320 e. The first kappa shape index (κ1) is 15.3. The average molecular weight is 254 g/mol. The third-order valence-electron chi connectivity index (χ3n) is 2.09. The molecule has 0 aromatic heterocycles. The Bertz CT molecular complexity index is 316. The Morgan fingerprint density at radius 2 is 2.12 bits per heavy atom. The van der Waals surface area contributed by atoms with Crippen LogP contribution in [0, 0.1) is 0 Å². The molecule has 0 fully saturated rings. The number of aliphatic carboxylic acids is 1. The number of nitrogens with zero attached hydrogens (tertiary/aromatic N) is 1. The molecule has 0 aliphatic heterocycles. The first-order valence-electron chi connectivity index (χ1n) is 4.72. The molecule has 0 aromatic carbocycles. The summed E-state index contributed by atoms with van der Waals surface area (Å²) in [6.07, 6.45) is -0.102. The number of nitrogens with two attached hydrogens (primary N) is 1. The highest BCUT2D eigenvalue weighted by Gasteiger charge is 2.21. The number of hydrogen-bond donors (Lipinski definition) is 2. The van der Waals surface area contributed by atoms with Crippen LogP contribution in [0.5, 0.6) is 0 Å². The van der Waals surface area contributed by atoms with Gasteiger partial charge >= 0.3 is 5.97 Å². The summed E-state index contributed by atoms with van der Waals surface area (Å²) in [6, 6.07) is -1.15. The SMILES string of the molecule is COCCN(C)S(=O)(=O)CC[C@H](N)C(=O)O. The second kappa shape index (κ2) is 6.79. The van der Waals surface area contributed by atoms with Crippen LogP contribution in [0.2, 0.25) is 0 Å². The van der Waals surface area contributed by atoms with E-state index >= 15 is 0 Å². The number of carboxylic acids is 1. The Balaban J connectivity index is 4.19. The molecule has 0 spiro atoms. The minimum atomic E-state index is -3.45. The summed E-state index contributed by atoms with van der Waals surface area (Å²) in [7, 11) is -0.561. The molecule has 0 aromatic rings. The number of carboxylic acid groups (broad SMARTS) is 1. The van der Waals surface area contributed by atoms with E-state index in [4.69, 9.17) is 15.6 Å². The first-order valence-corrected chi connectivity index (χ1v) is 6.33. The van der Waals surface area contributed by atoms with Gasteiger partial charge in [0.2, 0.25) is 10.0 Å². The Morgan fingerprint density at radius 1 is 1.56 bits per heavy atom. The van der Waals surface area contributed by atoms with Crippen LogP contribution in [0.15, 0.2) is 0 Å². The predicted molar refractivity (Wildman–Crippen MR) is 58.5 cm³/mol. The number of hydrogen-bond acceptors (Lipinski definition) is 5. The van der Waals surface area contributed by atoms with Crippen LogP contribution < -0.4 is 5.73 Å². The fraction of sp³-hybridized carbons (Fsp3) is 0.875. The topological polar surface area (TPSA) is 110 Å². The molecule has 0 saturated heterocycles. The van der Waals surface area contributed by atoms with Gasteiger partial charge in [0.15, 0.2) is 0 Å². The number of carbonyl (C=O) groups is 1. The van der Waals surface area contributed by atoms with Crippen LogP contribution in [-0.2, 0) is 19.6 Å². The van der Waals surface area contributed by atoms with Gasteiger partial charge in [-0.05, 0) is 6.42 Å². The van der Waals surface area contributed by atoms with Gasteiger partial charge in [0.25, 0.3) is 0 Å². The molecular formula is C8H18N2O5S. The van der Waals surface area contributed by atoms with Crippen LogP contribution in [0.1, 0.15) is 6.42 Å². The van der Waals surface area contributed by atoms with E-state index < -0.39 is 22.0 Å². The van der Waals surface area contributed by atoms with Crippen molar-refractivity contribution in [1.82, 2.24) is 4.31 Å². The van der Waals surface area contributed by atoms with Gasteiger partial charge in [0.1, 0.15) is 6.04 Å². The van der Waals surface area contributed by atoms with Gasteiger partial charge in [-0.2, -0.15) is 0 Å². The van der Waals surface area contributed by atoms with E-state index in [0.29, 0.717) is 6.61 Å². The van der Waals surface area contributed by atoms with Crippen LogP contribution in [0.25, 0.3) is 0 Å². The lowest BCUT2D eigenvalue weighted by Crippen LogP contribution is -2.37. The van der Waals surface area contributed by atoms with Crippen molar-refractivity contribution < 1.29 is 23.1 Å². The summed E-state index contributed by atoms with van der Waals surface area (Å²) in [4.78, 5) is 10.4. The van der Waals surface area contributed by atoms with Gasteiger partial charge in [-0.1, -0.05) is 0 Å². The number of likely N-dealkylation sites (N-methyl/N-ethyl adjacent to an activating group) is 1. The van der Waals surface area contributed by atoms with Gasteiger partial charge in [-0.3, -0.25) is 4.79 Å².